The number of nitrogens with zero attached hydrogens (tertiary/aromatic N) is 1. The van der Waals surface area contributed by atoms with Gasteiger partial charge in [-0.05, 0) is 54.3 Å². The molecule has 0 atom stereocenters. The lowest BCUT2D eigenvalue weighted by Gasteiger charge is -2.11. The molecule has 22 heavy (non-hydrogen) atoms. The molecule has 1 N–H and O–H groups in total. The maximum Gasteiger partial charge on any atom is 0.338 e. The third-order valence-electron chi connectivity index (χ3n) is 3.75. The Kier molecular flexibility index (Phi) is 3.56. The normalized spacial score (nSPS) is 12.5. The van der Waals surface area contributed by atoms with E-state index in [1.807, 2.05) is 23.1 Å². The Hall–Kier alpha value is -2.80. The predicted octanol–water partition coefficient (Wildman–Crippen LogP) is 3.53. The van der Waals surface area contributed by atoms with E-state index in [-0.39, 0.29) is 5.56 Å². The van der Waals surface area contributed by atoms with Crippen LogP contribution in [0.25, 0.3) is 11.1 Å². The highest BCUT2D eigenvalue weighted by Gasteiger charge is 2.18. The third-order valence-corrected chi connectivity index (χ3v) is 3.75. The molecule has 0 bridgehead atoms. The highest BCUT2D eigenvalue weighted by atomic mass is 19.1. The second-order valence-corrected chi connectivity index (χ2v) is 5.11. The first-order chi connectivity index (χ1) is 10.6. The summed E-state index contributed by atoms with van der Waals surface area (Å²) in [7, 11) is 0. The minimum Gasteiger partial charge on any atom is -0.478 e. The van der Waals surface area contributed by atoms with Gasteiger partial charge in [0.05, 0.1) is 11.3 Å². The summed E-state index contributed by atoms with van der Waals surface area (Å²) in [6, 6.07) is 13.1. The number of carboxylic acid groups (broad SMARTS) is 1. The fraction of sp³-hybridized carbons (Fsp3) is 0.167. The number of hydrogen-bond donors (Lipinski definition) is 1. The second kappa shape index (κ2) is 5.53. The van der Waals surface area contributed by atoms with Gasteiger partial charge in [0.25, 0.3) is 0 Å². The predicted molar refractivity (Wildman–Crippen MR) is 83.3 cm³/mol. The van der Waals surface area contributed by atoms with Gasteiger partial charge >= 0.3 is 5.97 Å². The van der Waals surface area contributed by atoms with Gasteiger partial charge in [0.2, 0.25) is 0 Å². The summed E-state index contributed by atoms with van der Waals surface area (Å²) in [6.45, 7) is 2.66. The summed E-state index contributed by atoms with van der Waals surface area (Å²) in [6.07, 6.45) is 0.896. The number of fused-ring (bicyclic) bond motifs is 1. The van der Waals surface area contributed by atoms with Crippen LogP contribution in [0.1, 0.15) is 22.8 Å². The first kappa shape index (κ1) is 14.2. The van der Waals surface area contributed by atoms with E-state index in [1.54, 1.807) is 13.0 Å². The molecule has 0 spiro atoms. The Balaban J connectivity index is 1.98. The maximum absolute atomic E-state index is 13.8. The van der Waals surface area contributed by atoms with E-state index in [4.69, 9.17) is 5.11 Å². The van der Waals surface area contributed by atoms with E-state index < -0.39 is 11.8 Å². The van der Waals surface area contributed by atoms with Crippen LogP contribution < -0.4 is 4.90 Å². The molecule has 4 heteroatoms. The molecular weight excluding hydrogens is 281 g/mol. The van der Waals surface area contributed by atoms with Gasteiger partial charge in [0, 0.05) is 12.6 Å². The molecule has 1 aliphatic rings. The summed E-state index contributed by atoms with van der Waals surface area (Å²) < 4.78 is 13.8. The topological polar surface area (TPSA) is 40.5 Å². The zero-order valence-electron chi connectivity index (χ0n) is 12.1. The maximum atomic E-state index is 13.8. The van der Waals surface area contributed by atoms with Crippen LogP contribution in [0, 0.1) is 17.8 Å². The fourth-order valence-corrected chi connectivity index (χ4v) is 2.70. The summed E-state index contributed by atoms with van der Waals surface area (Å²) >= 11 is 0. The van der Waals surface area contributed by atoms with E-state index in [0.717, 1.165) is 24.2 Å². The van der Waals surface area contributed by atoms with E-state index in [2.05, 4.69) is 12.0 Å². The van der Waals surface area contributed by atoms with Crippen LogP contribution in [0.15, 0.2) is 36.4 Å². The molecule has 2 aromatic rings. The number of hydrogen-bond acceptors (Lipinski definition) is 2. The zero-order chi connectivity index (χ0) is 15.7. The Morgan fingerprint density at radius 3 is 2.64 bits per heavy atom. The van der Waals surface area contributed by atoms with Crippen LogP contribution in [-0.4, -0.2) is 17.6 Å². The third kappa shape index (κ3) is 2.42. The van der Waals surface area contributed by atoms with Crippen molar-refractivity contribution in [2.24, 2.45) is 0 Å². The number of benzene rings is 2. The van der Waals surface area contributed by atoms with Crippen molar-refractivity contribution < 1.29 is 14.3 Å². The molecule has 3 rings (SSSR count). The standard InChI is InChI=1S/C18H14FNO2/c1-2-8-20-9-7-14-10-12(4-6-17(14)20)13-3-5-15(18(21)22)16(19)11-13/h3-6,10-11H,7,9H2,1H3,(H,21,22). The number of aromatic carboxylic acids is 1. The SMILES string of the molecule is CC#CN1CCc2cc(-c3ccc(C(=O)O)c(F)c3)ccc21. The van der Waals surface area contributed by atoms with Crippen LogP contribution >= 0.6 is 0 Å². The molecule has 0 saturated heterocycles. The lowest BCUT2D eigenvalue weighted by molar-refractivity contribution is 0.0692. The minimum absolute atomic E-state index is 0.311. The molecular formula is C18H14FNO2. The molecule has 0 amide bonds. The lowest BCUT2D eigenvalue weighted by atomic mass is 10.0. The van der Waals surface area contributed by atoms with Crippen LogP contribution in [0.4, 0.5) is 10.1 Å². The van der Waals surface area contributed by atoms with Gasteiger partial charge in [-0.1, -0.05) is 18.1 Å². The van der Waals surface area contributed by atoms with Gasteiger partial charge in [0.1, 0.15) is 5.82 Å². The summed E-state index contributed by atoms with van der Waals surface area (Å²) in [5, 5.41) is 8.88. The van der Waals surface area contributed by atoms with Gasteiger partial charge in [0.15, 0.2) is 0 Å². The van der Waals surface area contributed by atoms with E-state index in [0.29, 0.717) is 5.56 Å². The average molecular weight is 295 g/mol. The van der Waals surface area contributed by atoms with Gasteiger partial charge < -0.3 is 10.0 Å². The molecule has 2 aromatic carbocycles. The van der Waals surface area contributed by atoms with E-state index in [1.165, 1.54) is 17.7 Å². The molecule has 0 fully saturated rings. The summed E-state index contributed by atoms with van der Waals surface area (Å²) in [5.74, 6) is 0.916. The summed E-state index contributed by atoms with van der Waals surface area (Å²) in [5.41, 5.74) is 3.49. The van der Waals surface area contributed by atoms with Gasteiger partial charge in [-0.3, -0.25) is 0 Å². The van der Waals surface area contributed by atoms with E-state index >= 15 is 0 Å². The van der Waals surface area contributed by atoms with Crippen molar-refractivity contribution in [1.29, 1.82) is 0 Å². The quantitative estimate of drug-likeness (QED) is 0.862. The van der Waals surface area contributed by atoms with Crippen molar-refractivity contribution in [2.45, 2.75) is 13.3 Å². The van der Waals surface area contributed by atoms with Crippen LogP contribution in [0.2, 0.25) is 0 Å². The lowest BCUT2D eigenvalue weighted by Crippen LogP contribution is -2.12. The van der Waals surface area contributed by atoms with Crippen molar-refractivity contribution in [3.05, 3.63) is 53.3 Å². The van der Waals surface area contributed by atoms with Crippen LogP contribution in [0.5, 0.6) is 0 Å². The van der Waals surface area contributed by atoms with Gasteiger partial charge in [-0.2, -0.15) is 0 Å². The Bertz CT molecular complexity index is 818. The molecule has 0 radical (unpaired) electrons. The van der Waals surface area contributed by atoms with Crippen molar-refractivity contribution in [1.82, 2.24) is 0 Å². The molecule has 1 heterocycles. The molecule has 3 nitrogen and oxygen atoms in total. The van der Waals surface area contributed by atoms with Crippen molar-refractivity contribution in [3.8, 4) is 23.1 Å². The number of carboxylic acids is 1. The molecule has 0 aromatic heterocycles. The number of halogens is 1. The first-order valence-corrected chi connectivity index (χ1v) is 6.96. The highest BCUT2D eigenvalue weighted by molar-refractivity contribution is 5.88. The van der Waals surface area contributed by atoms with Crippen LogP contribution in [0.3, 0.4) is 0 Å². The van der Waals surface area contributed by atoms with Gasteiger partial charge in [-0.25, -0.2) is 9.18 Å². The summed E-state index contributed by atoms with van der Waals surface area (Å²) in [4.78, 5) is 12.9. The molecule has 0 aliphatic carbocycles. The smallest absolute Gasteiger partial charge is 0.338 e. The van der Waals surface area contributed by atoms with Gasteiger partial charge in [-0.15, -0.1) is 0 Å². The number of carbonyl (C=O) groups is 1. The molecule has 0 saturated carbocycles. The molecule has 110 valence electrons. The Labute approximate surface area is 128 Å². The average Bonchev–Trinajstić information content (AvgIpc) is 2.89. The van der Waals surface area contributed by atoms with Crippen molar-refractivity contribution >= 4 is 11.7 Å². The minimum atomic E-state index is -1.26. The monoisotopic (exact) mass is 295 g/mol. The first-order valence-electron chi connectivity index (χ1n) is 6.96. The number of anilines is 1. The number of rotatable bonds is 2. The van der Waals surface area contributed by atoms with Crippen molar-refractivity contribution in [3.63, 3.8) is 0 Å². The second-order valence-electron chi connectivity index (χ2n) is 5.11. The molecule has 1 aliphatic heterocycles. The largest absolute Gasteiger partial charge is 0.478 e. The Morgan fingerprint density at radius 1 is 1.23 bits per heavy atom. The highest BCUT2D eigenvalue weighted by Crippen LogP contribution is 2.32. The van der Waals surface area contributed by atoms with Crippen molar-refractivity contribution in [2.75, 3.05) is 11.4 Å². The Morgan fingerprint density at radius 2 is 1.95 bits per heavy atom. The zero-order valence-corrected chi connectivity index (χ0v) is 12.1. The van der Waals surface area contributed by atoms with Crippen LogP contribution in [-0.2, 0) is 6.42 Å². The fourth-order valence-electron chi connectivity index (χ4n) is 2.70. The molecule has 0 unspecified atom stereocenters. The van der Waals surface area contributed by atoms with E-state index in [9.17, 15) is 9.18 Å².